The molecule has 0 N–H and O–H groups in total. The van der Waals surface area contributed by atoms with Crippen LogP contribution < -0.4 is 4.74 Å². The molecule has 15 heavy (non-hydrogen) atoms. The summed E-state index contributed by atoms with van der Waals surface area (Å²) in [6.45, 7) is 0. The van der Waals surface area contributed by atoms with Crippen LogP contribution in [-0.2, 0) is 0 Å². The first kappa shape index (κ1) is 8.68. The molecule has 3 aromatic rings. The van der Waals surface area contributed by atoms with Crippen molar-refractivity contribution in [2.45, 2.75) is 0 Å². The van der Waals surface area contributed by atoms with Gasteiger partial charge in [0.25, 0.3) is 0 Å². The molecular weight excluding hydrogens is 206 g/mol. The number of thiophene rings is 1. The molecule has 2 heterocycles. The molecule has 0 bridgehead atoms. The highest BCUT2D eigenvalue weighted by Gasteiger charge is 2.03. The van der Waals surface area contributed by atoms with Crippen LogP contribution in [0.1, 0.15) is 0 Å². The van der Waals surface area contributed by atoms with E-state index in [0.29, 0.717) is 0 Å². The number of benzene rings is 1. The number of aromatic nitrogens is 1. The third-order valence-corrected chi connectivity index (χ3v) is 3.36. The predicted molar refractivity (Wildman–Crippen MR) is 63.7 cm³/mol. The molecule has 0 atom stereocenters. The minimum Gasteiger partial charge on any atom is -0.497 e. The summed E-state index contributed by atoms with van der Waals surface area (Å²) in [6.07, 6.45) is 1.93. The van der Waals surface area contributed by atoms with Gasteiger partial charge in [0.1, 0.15) is 5.75 Å². The first-order valence-electron chi connectivity index (χ1n) is 4.68. The number of fused-ring (bicyclic) bond motifs is 3. The fraction of sp³-hybridized carbons (Fsp3) is 0.0833. The van der Waals surface area contributed by atoms with Gasteiger partial charge in [0, 0.05) is 17.0 Å². The summed E-state index contributed by atoms with van der Waals surface area (Å²) in [4.78, 5) is 4.41. The second kappa shape index (κ2) is 3.21. The summed E-state index contributed by atoms with van der Waals surface area (Å²) in [7, 11) is 1.68. The standard InChI is InChI=1S/C12H9NOS/c1-14-8-2-3-11-10(6-8)9-4-5-15-12(9)7-13-11/h2-7H,1H3. The van der Waals surface area contributed by atoms with E-state index in [2.05, 4.69) is 16.4 Å². The maximum absolute atomic E-state index is 5.22. The largest absolute Gasteiger partial charge is 0.497 e. The third kappa shape index (κ3) is 1.27. The molecule has 0 spiro atoms. The van der Waals surface area contributed by atoms with E-state index < -0.39 is 0 Å². The Balaban J connectivity index is 2.48. The van der Waals surface area contributed by atoms with Crippen LogP contribution in [0.3, 0.4) is 0 Å². The highest BCUT2D eigenvalue weighted by Crippen LogP contribution is 2.29. The number of hydrogen-bond donors (Lipinski definition) is 0. The monoisotopic (exact) mass is 215 g/mol. The van der Waals surface area contributed by atoms with E-state index in [1.165, 1.54) is 10.1 Å². The van der Waals surface area contributed by atoms with Crippen molar-refractivity contribution in [1.82, 2.24) is 4.98 Å². The summed E-state index contributed by atoms with van der Waals surface area (Å²) in [5, 5.41) is 4.50. The van der Waals surface area contributed by atoms with Crippen molar-refractivity contribution >= 4 is 32.3 Å². The zero-order valence-electron chi connectivity index (χ0n) is 8.23. The van der Waals surface area contributed by atoms with Crippen molar-refractivity contribution in [3.05, 3.63) is 35.8 Å². The van der Waals surface area contributed by atoms with E-state index in [1.54, 1.807) is 18.4 Å². The van der Waals surface area contributed by atoms with Gasteiger partial charge in [-0.1, -0.05) is 0 Å². The lowest BCUT2D eigenvalue weighted by molar-refractivity contribution is 0.415. The third-order valence-electron chi connectivity index (χ3n) is 2.51. The summed E-state index contributed by atoms with van der Waals surface area (Å²) < 4.78 is 6.44. The van der Waals surface area contributed by atoms with Gasteiger partial charge in [0.15, 0.2) is 0 Å². The Hall–Kier alpha value is -1.61. The van der Waals surface area contributed by atoms with Crippen LogP contribution in [0.2, 0.25) is 0 Å². The number of ether oxygens (including phenoxy) is 1. The van der Waals surface area contributed by atoms with Gasteiger partial charge in [-0.2, -0.15) is 0 Å². The summed E-state index contributed by atoms with van der Waals surface area (Å²) in [6, 6.07) is 8.10. The molecule has 2 aromatic heterocycles. The van der Waals surface area contributed by atoms with Gasteiger partial charge in [0.05, 0.1) is 17.3 Å². The molecule has 0 amide bonds. The van der Waals surface area contributed by atoms with Crippen LogP contribution in [-0.4, -0.2) is 12.1 Å². The van der Waals surface area contributed by atoms with E-state index in [1.807, 2.05) is 24.4 Å². The molecule has 1 aromatic carbocycles. The molecule has 0 saturated carbocycles. The van der Waals surface area contributed by atoms with Gasteiger partial charge in [-0.3, -0.25) is 4.98 Å². The molecule has 0 radical (unpaired) electrons. The lowest BCUT2D eigenvalue weighted by Gasteiger charge is -2.02. The molecule has 0 fully saturated rings. The maximum atomic E-state index is 5.22. The Morgan fingerprint density at radius 1 is 1.20 bits per heavy atom. The molecule has 0 unspecified atom stereocenters. The molecule has 0 saturated heterocycles. The fourth-order valence-electron chi connectivity index (χ4n) is 1.74. The Labute approximate surface area is 91.1 Å². The van der Waals surface area contributed by atoms with Crippen molar-refractivity contribution in [1.29, 1.82) is 0 Å². The fourth-order valence-corrected chi connectivity index (χ4v) is 2.51. The average Bonchev–Trinajstić information content (AvgIpc) is 2.76. The van der Waals surface area contributed by atoms with Crippen molar-refractivity contribution in [2.75, 3.05) is 7.11 Å². The van der Waals surface area contributed by atoms with Crippen molar-refractivity contribution < 1.29 is 4.74 Å². The summed E-state index contributed by atoms with van der Waals surface area (Å²) in [5.74, 6) is 0.878. The highest BCUT2D eigenvalue weighted by molar-refractivity contribution is 7.17. The summed E-state index contributed by atoms with van der Waals surface area (Å²) >= 11 is 1.71. The lowest BCUT2D eigenvalue weighted by atomic mass is 10.1. The van der Waals surface area contributed by atoms with Crippen LogP contribution in [0.4, 0.5) is 0 Å². The van der Waals surface area contributed by atoms with E-state index in [0.717, 1.165) is 16.7 Å². The molecule has 3 heteroatoms. The topological polar surface area (TPSA) is 22.1 Å². The second-order valence-corrected chi connectivity index (χ2v) is 4.29. The van der Waals surface area contributed by atoms with Gasteiger partial charge in [-0.25, -0.2) is 0 Å². The Kier molecular flexibility index (Phi) is 1.86. The summed E-state index contributed by atoms with van der Waals surface area (Å²) in [5.41, 5.74) is 1.02. The Morgan fingerprint density at radius 3 is 3.00 bits per heavy atom. The molecule has 0 aliphatic rings. The zero-order chi connectivity index (χ0) is 10.3. The number of pyridine rings is 1. The van der Waals surface area contributed by atoms with Gasteiger partial charge < -0.3 is 4.74 Å². The quantitative estimate of drug-likeness (QED) is 0.620. The van der Waals surface area contributed by atoms with Crippen molar-refractivity contribution in [3.8, 4) is 5.75 Å². The van der Waals surface area contributed by atoms with E-state index >= 15 is 0 Å². The SMILES string of the molecule is COc1ccc2ncc3sccc3c2c1. The molecule has 0 aliphatic carbocycles. The minimum atomic E-state index is 0.878. The first-order valence-corrected chi connectivity index (χ1v) is 5.56. The van der Waals surface area contributed by atoms with Crippen LogP contribution in [0, 0.1) is 0 Å². The van der Waals surface area contributed by atoms with Crippen LogP contribution in [0.15, 0.2) is 35.8 Å². The van der Waals surface area contributed by atoms with E-state index in [4.69, 9.17) is 4.74 Å². The van der Waals surface area contributed by atoms with E-state index in [9.17, 15) is 0 Å². The van der Waals surface area contributed by atoms with Crippen molar-refractivity contribution in [3.63, 3.8) is 0 Å². The predicted octanol–water partition coefficient (Wildman–Crippen LogP) is 3.46. The minimum absolute atomic E-state index is 0.878. The normalized spacial score (nSPS) is 11.0. The highest BCUT2D eigenvalue weighted by atomic mass is 32.1. The van der Waals surface area contributed by atoms with E-state index in [-0.39, 0.29) is 0 Å². The first-order chi connectivity index (χ1) is 7.38. The zero-order valence-corrected chi connectivity index (χ0v) is 9.04. The van der Waals surface area contributed by atoms with Crippen molar-refractivity contribution in [2.24, 2.45) is 0 Å². The molecular formula is C12H9NOS. The van der Waals surface area contributed by atoms with Gasteiger partial charge in [-0.05, 0) is 29.6 Å². The molecule has 0 aliphatic heterocycles. The molecule has 2 nitrogen and oxygen atoms in total. The second-order valence-electron chi connectivity index (χ2n) is 3.34. The number of nitrogens with zero attached hydrogens (tertiary/aromatic N) is 1. The van der Waals surface area contributed by atoms with Crippen LogP contribution in [0.5, 0.6) is 5.75 Å². The van der Waals surface area contributed by atoms with Gasteiger partial charge in [0.2, 0.25) is 0 Å². The smallest absolute Gasteiger partial charge is 0.119 e. The van der Waals surface area contributed by atoms with Gasteiger partial charge >= 0.3 is 0 Å². The Morgan fingerprint density at radius 2 is 2.13 bits per heavy atom. The molecule has 3 rings (SSSR count). The van der Waals surface area contributed by atoms with Gasteiger partial charge in [-0.15, -0.1) is 11.3 Å². The Bertz CT molecular complexity index is 630. The van der Waals surface area contributed by atoms with Crippen LogP contribution >= 0.6 is 11.3 Å². The maximum Gasteiger partial charge on any atom is 0.119 e. The average molecular weight is 215 g/mol. The lowest BCUT2D eigenvalue weighted by Crippen LogP contribution is -1.84. The number of hydrogen-bond acceptors (Lipinski definition) is 3. The number of methoxy groups -OCH3 is 1. The van der Waals surface area contributed by atoms with Crippen LogP contribution in [0.25, 0.3) is 21.0 Å². The molecule has 74 valence electrons. The number of rotatable bonds is 1.